The zero-order valence-electron chi connectivity index (χ0n) is 10.7. The van der Waals surface area contributed by atoms with Crippen LogP contribution >= 0.6 is 0 Å². The monoisotopic (exact) mass is 259 g/mol. The number of anilines is 2. The summed E-state index contributed by atoms with van der Waals surface area (Å²) in [5, 5.41) is 0. The molecule has 2 rings (SSSR count). The highest BCUT2D eigenvalue weighted by Crippen LogP contribution is 2.21. The van der Waals surface area contributed by atoms with E-state index in [2.05, 4.69) is 4.98 Å². The number of halogens is 1. The van der Waals surface area contributed by atoms with Crippen molar-refractivity contribution >= 4 is 17.4 Å². The molecule has 0 radical (unpaired) electrons. The molecular formula is C14H14FN3O. The van der Waals surface area contributed by atoms with Gasteiger partial charge in [-0.3, -0.25) is 4.79 Å². The van der Waals surface area contributed by atoms with Crippen LogP contribution < -0.4 is 10.6 Å². The first-order valence-electron chi connectivity index (χ1n) is 5.76. The lowest BCUT2D eigenvalue weighted by atomic mass is 10.1. The number of nitrogen functional groups attached to an aromatic ring is 1. The second-order valence-electron chi connectivity index (χ2n) is 4.21. The van der Waals surface area contributed by atoms with Gasteiger partial charge < -0.3 is 10.6 Å². The molecule has 1 aromatic carbocycles. The number of rotatable bonds is 2. The number of aromatic nitrogens is 1. The molecule has 2 aromatic rings. The number of carbonyl (C=O) groups excluding carboxylic acids is 1. The summed E-state index contributed by atoms with van der Waals surface area (Å²) < 4.78 is 13.8. The third-order valence-corrected chi connectivity index (χ3v) is 2.93. The van der Waals surface area contributed by atoms with Gasteiger partial charge in [0, 0.05) is 18.9 Å². The van der Waals surface area contributed by atoms with Crippen molar-refractivity contribution in [2.75, 3.05) is 17.7 Å². The number of pyridine rings is 1. The van der Waals surface area contributed by atoms with Crippen LogP contribution in [0, 0.1) is 12.7 Å². The minimum Gasteiger partial charge on any atom is -0.381 e. The lowest BCUT2D eigenvalue weighted by Crippen LogP contribution is -2.28. The lowest BCUT2D eigenvalue weighted by Gasteiger charge is -2.19. The Morgan fingerprint density at radius 3 is 2.68 bits per heavy atom. The molecule has 0 aliphatic heterocycles. The van der Waals surface area contributed by atoms with Gasteiger partial charge in [0.15, 0.2) is 11.6 Å². The zero-order valence-corrected chi connectivity index (χ0v) is 10.7. The minimum absolute atomic E-state index is 0.0850. The summed E-state index contributed by atoms with van der Waals surface area (Å²) in [5.41, 5.74) is 6.94. The van der Waals surface area contributed by atoms with Crippen LogP contribution in [0.1, 0.15) is 15.9 Å². The second-order valence-corrected chi connectivity index (χ2v) is 4.21. The molecule has 98 valence electrons. The number of hydrogen-bond acceptors (Lipinski definition) is 3. The molecule has 2 N–H and O–H groups in total. The Balaban J connectivity index is 2.40. The van der Waals surface area contributed by atoms with E-state index in [-0.39, 0.29) is 11.4 Å². The third-order valence-electron chi connectivity index (χ3n) is 2.93. The lowest BCUT2D eigenvalue weighted by molar-refractivity contribution is 0.0989. The SMILES string of the molecule is Cc1ccccc1N(C)C(=O)c1ccnc(N)c1F. The quantitative estimate of drug-likeness (QED) is 0.900. The van der Waals surface area contributed by atoms with Crippen molar-refractivity contribution in [2.45, 2.75) is 6.92 Å². The molecular weight excluding hydrogens is 245 g/mol. The number of nitrogens with two attached hydrogens (primary N) is 1. The molecule has 5 heteroatoms. The van der Waals surface area contributed by atoms with Gasteiger partial charge in [0.1, 0.15) is 0 Å². The van der Waals surface area contributed by atoms with Crippen LogP contribution in [0.3, 0.4) is 0 Å². The first-order valence-corrected chi connectivity index (χ1v) is 5.76. The van der Waals surface area contributed by atoms with Gasteiger partial charge in [0.2, 0.25) is 0 Å². The summed E-state index contributed by atoms with van der Waals surface area (Å²) in [6, 6.07) is 8.71. The van der Waals surface area contributed by atoms with Crippen LogP contribution in [0.25, 0.3) is 0 Å². The zero-order chi connectivity index (χ0) is 14.0. The highest BCUT2D eigenvalue weighted by atomic mass is 19.1. The fourth-order valence-corrected chi connectivity index (χ4v) is 1.85. The Kier molecular flexibility index (Phi) is 3.46. The first-order chi connectivity index (χ1) is 9.02. The Morgan fingerprint density at radius 2 is 2.00 bits per heavy atom. The summed E-state index contributed by atoms with van der Waals surface area (Å²) in [7, 11) is 1.60. The fourth-order valence-electron chi connectivity index (χ4n) is 1.85. The highest BCUT2D eigenvalue weighted by molar-refractivity contribution is 6.06. The number of nitrogens with zero attached hydrogens (tertiary/aromatic N) is 2. The van der Waals surface area contributed by atoms with E-state index < -0.39 is 11.7 Å². The van der Waals surface area contributed by atoms with Gasteiger partial charge in [-0.05, 0) is 24.6 Å². The average Bonchev–Trinajstić information content (AvgIpc) is 2.41. The molecule has 0 bridgehead atoms. The predicted octanol–water partition coefficient (Wildman–Crippen LogP) is 2.39. The van der Waals surface area contributed by atoms with Gasteiger partial charge in [-0.25, -0.2) is 9.37 Å². The maximum Gasteiger partial charge on any atom is 0.261 e. The number of carbonyl (C=O) groups is 1. The predicted molar refractivity (Wildman–Crippen MR) is 72.5 cm³/mol. The summed E-state index contributed by atoms with van der Waals surface area (Å²) >= 11 is 0. The molecule has 0 atom stereocenters. The number of hydrogen-bond donors (Lipinski definition) is 1. The second kappa shape index (κ2) is 5.06. The van der Waals surface area contributed by atoms with Crippen LogP contribution in [-0.4, -0.2) is 17.9 Å². The van der Waals surface area contributed by atoms with Gasteiger partial charge in [-0.2, -0.15) is 0 Å². The van der Waals surface area contributed by atoms with Crippen LogP contribution in [0.4, 0.5) is 15.9 Å². The van der Waals surface area contributed by atoms with Gasteiger partial charge in [0.05, 0.1) is 5.56 Å². The van der Waals surface area contributed by atoms with E-state index in [0.717, 1.165) is 11.3 Å². The van der Waals surface area contributed by atoms with E-state index in [1.54, 1.807) is 13.1 Å². The van der Waals surface area contributed by atoms with Crippen molar-refractivity contribution in [2.24, 2.45) is 0 Å². The number of amides is 1. The third kappa shape index (κ3) is 2.40. The van der Waals surface area contributed by atoms with Crippen LogP contribution in [0.2, 0.25) is 0 Å². The molecule has 0 fully saturated rings. The maximum atomic E-state index is 13.8. The van der Waals surface area contributed by atoms with Gasteiger partial charge in [-0.15, -0.1) is 0 Å². The van der Waals surface area contributed by atoms with E-state index in [1.165, 1.54) is 17.2 Å². The summed E-state index contributed by atoms with van der Waals surface area (Å²) in [6.45, 7) is 1.89. The van der Waals surface area contributed by atoms with Crippen LogP contribution in [0.5, 0.6) is 0 Å². The molecule has 0 saturated heterocycles. The van der Waals surface area contributed by atoms with Crippen molar-refractivity contribution < 1.29 is 9.18 Å². The Morgan fingerprint density at radius 1 is 1.32 bits per heavy atom. The van der Waals surface area contributed by atoms with Crippen molar-refractivity contribution in [1.29, 1.82) is 0 Å². The molecule has 4 nitrogen and oxygen atoms in total. The largest absolute Gasteiger partial charge is 0.381 e. The molecule has 0 unspecified atom stereocenters. The molecule has 0 aliphatic carbocycles. The summed E-state index contributed by atoms with van der Waals surface area (Å²) in [5.74, 6) is -1.52. The molecule has 0 spiro atoms. The fraction of sp³-hybridized carbons (Fsp3) is 0.143. The van der Waals surface area contributed by atoms with E-state index in [0.29, 0.717) is 0 Å². The van der Waals surface area contributed by atoms with Crippen molar-refractivity contribution in [3.63, 3.8) is 0 Å². The van der Waals surface area contributed by atoms with Gasteiger partial charge >= 0.3 is 0 Å². The Labute approximate surface area is 110 Å². The summed E-state index contributed by atoms with van der Waals surface area (Å²) in [6.07, 6.45) is 1.32. The number of benzene rings is 1. The maximum absolute atomic E-state index is 13.8. The standard InChI is InChI=1S/C14H14FN3O/c1-9-5-3-4-6-11(9)18(2)14(19)10-7-8-17-13(16)12(10)15/h3-8H,1-2H3,(H2,16,17). The molecule has 1 aromatic heterocycles. The smallest absolute Gasteiger partial charge is 0.261 e. The number of aryl methyl sites for hydroxylation is 1. The molecule has 0 aliphatic rings. The molecule has 1 heterocycles. The van der Waals surface area contributed by atoms with Crippen molar-refractivity contribution in [3.05, 3.63) is 53.5 Å². The Bertz CT molecular complexity index is 628. The summed E-state index contributed by atoms with van der Waals surface area (Å²) in [4.78, 5) is 17.3. The molecule has 0 saturated carbocycles. The molecule has 1 amide bonds. The average molecular weight is 259 g/mol. The first kappa shape index (κ1) is 13.0. The van der Waals surface area contributed by atoms with Crippen LogP contribution in [-0.2, 0) is 0 Å². The normalized spacial score (nSPS) is 10.3. The Hall–Kier alpha value is -2.43. The van der Waals surface area contributed by atoms with E-state index in [9.17, 15) is 9.18 Å². The highest BCUT2D eigenvalue weighted by Gasteiger charge is 2.20. The van der Waals surface area contributed by atoms with Gasteiger partial charge in [-0.1, -0.05) is 18.2 Å². The molecule has 19 heavy (non-hydrogen) atoms. The topological polar surface area (TPSA) is 59.2 Å². The van der Waals surface area contributed by atoms with E-state index >= 15 is 0 Å². The van der Waals surface area contributed by atoms with E-state index in [4.69, 9.17) is 5.73 Å². The minimum atomic E-state index is -0.784. The van der Waals surface area contributed by atoms with E-state index in [1.807, 2.05) is 25.1 Å². The van der Waals surface area contributed by atoms with Crippen LogP contribution in [0.15, 0.2) is 36.5 Å². The van der Waals surface area contributed by atoms with Crippen molar-refractivity contribution in [3.8, 4) is 0 Å². The number of para-hydroxylation sites is 1. The van der Waals surface area contributed by atoms with Crippen molar-refractivity contribution in [1.82, 2.24) is 4.98 Å². The van der Waals surface area contributed by atoms with Gasteiger partial charge in [0.25, 0.3) is 5.91 Å².